The molecule has 2 aromatic heterocycles. The van der Waals surface area contributed by atoms with Gasteiger partial charge in [-0.2, -0.15) is 0 Å². The molecule has 1 aromatic carbocycles. The van der Waals surface area contributed by atoms with Crippen molar-refractivity contribution in [3.8, 4) is 0 Å². The number of furan rings is 1. The van der Waals surface area contributed by atoms with Gasteiger partial charge in [0.05, 0.1) is 6.54 Å². The lowest BCUT2D eigenvalue weighted by atomic mass is 9.84. The molecule has 0 saturated carbocycles. The number of nitrogens with one attached hydrogen (secondary N) is 2. The maximum Gasteiger partial charge on any atom is 0.263 e. The first-order valence-corrected chi connectivity index (χ1v) is 9.39. The van der Waals surface area contributed by atoms with Crippen molar-refractivity contribution in [2.45, 2.75) is 25.4 Å². The quantitative estimate of drug-likeness (QED) is 0.748. The van der Waals surface area contributed by atoms with Crippen LogP contribution in [-0.4, -0.2) is 23.6 Å². The number of rotatable bonds is 3. The summed E-state index contributed by atoms with van der Waals surface area (Å²) in [5.74, 6) is 1.13. The molecule has 2 aliphatic rings. The molecule has 4 heterocycles. The Bertz CT molecular complexity index is 1050. The van der Waals surface area contributed by atoms with Crippen molar-refractivity contribution in [2.75, 3.05) is 13.1 Å². The maximum absolute atomic E-state index is 12.9. The van der Waals surface area contributed by atoms with Gasteiger partial charge < -0.3 is 19.6 Å². The summed E-state index contributed by atoms with van der Waals surface area (Å²) >= 11 is 0. The molecule has 0 aliphatic carbocycles. The molecular weight excluding hydrogens is 342 g/mol. The molecule has 2 aliphatic heterocycles. The average molecular weight is 363 g/mol. The van der Waals surface area contributed by atoms with Gasteiger partial charge >= 0.3 is 0 Å². The van der Waals surface area contributed by atoms with Crippen molar-refractivity contribution in [2.24, 2.45) is 5.92 Å². The molecule has 0 radical (unpaired) electrons. The van der Waals surface area contributed by atoms with Gasteiger partial charge in [0, 0.05) is 30.1 Å². The second kappa shape index (κ2) is 6.39. The van der Waals surface area contributed by atoms with Crippen LogP contribution >= 0.6 is 0 Å². The molecule has 1 amide bonds. The zero-order valence-electron chi connectivity index (χ0n) is 14.9. The van der Waals surface area contributed by atoms with Crippen LogP contribution in [0.4, 0.5) is 0 Å². The van der Waals surface area contributed by atoms with E-state index in [9.17, 15) is 9.59 Å². The van der Waals surface area contributed by atoms with Crippen molar-refractivity contribution >= 4 is 16.9 Å². The Kier molecular flexibility index (Phi) is 3.86. The van der Waals surface area contributed by atoms with Gasteiger partial charge in [0.2, 0.25) is 0 Å². The fourth-order valence-electron chi connectivity index (χ4n) is 4.35. The van der Waals surface area contributed by atoms with Crippen molar-refractivity contribution in [1.29, 1.82) is 0 Å². The highest BCUT2D eigenvalue weighted by Gasteiger charge is 2.31. The van der Waals surface area contributed by atoms with E-state index in [2.05, 4.69) is 10.6 Å². The van der Waals surface area contributed by atoms with E-state index in [1.807, 2.05) is 36.4 Å². The van der Waals surface area contributed by atoms with Gasteiger partial charge in [-0.05, 0) is 43.1 Å². The third kappa shape index (κ3) is 2.86. The Balaban J connectivity index is 1.37. The molecule has 1 saturated heterocycles. The van der Waals surface area contributed by atoms with Crippen molar-refractivity contribution in [3.05, 3.63) is 69.8 Å². The van der Waals surface area contributed by atoms with Crippen LogP contribution in [0, 0.1) is 5.92 Å². The predicted molar refractivity (Wildman–Crippen MR) is 102 cm³/mol. The molecule has 5 rings (SSSR count). The minimum atomic E-state index is -0.357. The zero-order valence-corrected chi connectivity index (χ0v) is 14.9. The molecule has 27 heavy (non-hydrogen) atoms. The first kappa shape index (κ1) is 16.3. The summed E-state index contributed by atoms with van der Waals surface area (Å²) in [5.41, 5.74) is 1.84. The average Bonchev–Trinajstić information content (AvgIpc) is 3.10. The van der Waals surface area contributed by atoms with Gasteiger partial charge in [-0.15, -0.1) is 0 Å². The Morgan fingerprint density at radius 3 is 3.00 bits per heavy atom. The molecule has 2 N–H and O–H groups in total. The minimum absolute atomic E-state index is 0.189. The lowest BCUT2D eigenvalue weighted by molar-refractivity contribution is 0.0945. The number of aromatic nitrogens is 1. The van der Waals surface area contributed by atoms with Crippen LogP contribution in [0.3, 0.4) is 0 Å². The third-order valence-corrected chi connectivity index (χ3v) is 5.65. The standard InChI is InChI=1S/C21H21N3O3/c25-20(23-11-16-8-14-3-1-2-4-19(14)27-16)17-5-6-18-15-7-13(9-22-10-15)12-24(18)21(17)26/h1-6,8,13,15,22H,7,9-12H2,(H,23,25)/t13-,15+/m0/s1. The van der Waals surface area contributed by atoms with Gasteiger partial charge in [-0.3, -0.25) is 9.59 Å². The van der Waals surface area contributed by atoms with Crippen LogP contribution < -0.4 is 16.2 Å². The van der Waals surface area contributed by atoms with Crippen molar-refractivity contribution < 1.29 is 9.21 Å². The summed E-state index contributed by atoms with van der Waals surface area (Å²) in [6, 6.07) is 13.2. The van der Waals surface area contributed by atoms with Crippen LogP contribution in [0.15, 0.2) is 51.7 Å². The number of hydrogen-bond acceptors (Lipinski definition) is 4. The molecule has 2 atom stereocenters. The number of nitrogens with zero attached hydrogens (tertiary/aromatic N) is 1. The molecule has 0 unspecified atom stereocenters. The van der Waals surface area contributed by atoms with E-state index in [-0.39, 0.29) is 23.6 Å². The number of fused-ring (bicyclic) bond motifs is 5. The van der Waals surface area contributed by atoms with E-state index in [4.69, 9.17) is 4.42 Å². The normalized spacial score (nSPS) is 21.0. The van der Waals surface area contributed by atoms with Crippen LogP contribution in [0.5, 0.6) is 0 Å². The smallest absolute Gasteiger partial charge is 0.263 e. The first-order valence-electron chi connectivity index (χ1n) is 9.39. The minimum Gasteiger partial charge on any atom is -0.459 e. The number of pyridine rings is 1. The first-order chi connectivity index (χ1) is 13.2. The fraction of sp³-hybridized carbons (Fsp3) is 0.333. The second-order valence-corrected chi connectivity index (χ2v) is 7.48. The van der Waals surface area contributed by atoms with Gasteiger partial charge in [0.25, 0.3) is 11.5 Å². The Morgan fingerprint density at radius 2 is 2.11 bits per heavy atom. The van der Waals surface area contributed by atoms with E-state index in [1.165, 1.54) is 0 Å². The molecule has 6 nitrogen and oxygen atoms in total. The van der Waals surface area contributed by atoms with Crippen LogP contribution in [0.2, 0.25) is 0 Å². The Labute approximate surface area is 156 Å². The monoisotopic (exact) mass is 363 g/mol. The third-order valence-electron chi connectivity index (χ3n) is 5.65. The van der Waals surface area contributed by atoms with Crippen LogP contribution in [-0.2, 0) is 13.1 Å². The van der Waals surface area contributed by atoms with E-state index in [1.54, 1.807) is 10.6 Å². The Morgan fingerprint density at radius 1 is 1.22 bits per heavy atom. The lowest BCUT2D eigenvalue weighted by Gasteiger charge is -2.37. The van der Waals surface area contributed by atoms with Gasteiger partial charge in [-0.25, -0.2) is 0 Å². The summed E-state index contributed by atoms with van der Waals surface area (Å²) in [5, 5.41) is 7.24. The van der Waals surface area contributed by atoms with E-state index >= 15 is 0 Å². The van der Waals surface area contributed by atoms with E-state index in [0.717, 1.165) is 36.2 Å². The molecule has 6 heteroatoms. The Hall–Kier alpha value is -2.86. The number of piperidine rings is 1. The SMILES string of the molecule is O=C(NCc1cc2ccccc2o1)c1ccc2n(c1=O)C[C@@H]1CNC[C@H]2C1. The number of hydrogen-bond donors (Lipinski definition) is 2. The highest BCUT2D eigenvalue weighted by Crippen LogP contribution is 2.31. The van der Waals surface area contributed by atoms with Crippen LogP contribution in [0.25, 0.3) is 11.0 Å². The zero-order chi connectivity index (χ0) is 18.4. The molecule has 2 bridgehead atoms. The topological polar surface area (TPSA) is 76.3 Å². The van der Waals surface area contributed by atoms with Crippen LogP contribution in [0.1, 0.15) is 34.2 Å². The van der Waals surface area contributed by atoms with E-state index in [0.29, 0.717) is 24.1 Å². The second-order valence-electron chi connectivity index (χ2n) is 7.48. The summed E-state index contributed by atoms with van der Waals surface area (Å²) in [4.78, 5) is 25.5. The summed E-state index contributed by atoms with van der Waals surface area (Å²) in [6.07, 6.45) is 1.12. The van der Waals surface area contributed by atoms with Crippen molar-refractivity contribution in [3.63, 3.8) is 0 Å². The molecular formula is C21H21N3O3. The predicted octanol–water partition coefficient (Wildman–Crippen LogP) is 2.23. The van der Waals surface area contributed by atoms with Gasteiger partial charge in [-0.1, -0.05) is 18.2 Å². The molecule has 0 spiro atoms. The summed E-state index contributed by atoms with van der Waals surface area (Å²) in [6.45, 7) is 2.77. The summed E-state index contributed by atoms with van der Waals surface area (Å²) < 4.78 is 7.52. The number of carbonyl (C=O) groups is 1. The van der Waals surface area contributed by atoms with E-state index < -0.39 is 0 Å². The fourth-order valence-corrected chi connectivity index (χ4v) is 4.35. The van der Waals surface area contributed by atoms with Gasteiger partial charge in [0.1, 0.15) is 16.9 Å². The highest BCUT2D eigenvalue weighted by atomic mass is 16.3. The van der Waals surface area contributed by atoms with Gasteiger partial charge in [0.15, 0.2) is 0 Å². The maximum atomic E-state index is 12.9. The molecule has 3 aromatic rings. The largest absolute Gasteiger partial charge is 0.459 e. The number of para-hydroxylation sites is 1. The number of carbonyl (C=O) groups excluding carboxylic acids is 1. The molecule has 1 fully saturated rings. The molecule has 138 valence electrons. The van der Waals surface area contributed by atoms with Crippen molar-refractivity contribution in [1.82, 2.24) is 15.2 Å². The highest BCUT2D eigenvalue weighted by molar-refractivity contribution is 5.93. The number of benzene rings is 1. The summed E-state index contributed by atoms with van der Waals surface area (Å²) in [7, 11) is 0. The lowest BCUT2D eigenvalue weighted by Crippen LogP contribution is -2.46. The number of amides is 1.